The van der Waals surface area contributed by atoms with E-state index in [2.05, 4.69) is 20.1 Å². The Labute approximate surface area is 179 Å². The Bertz CT molecular complexity index is 1370. The summed E-state index contributed by atoms with van der Waals surface area (Å²) >= 11 is 0. The normalized spacial score (nSPS) is 11.4. The van der Waals surface area contributed by atoms with Gasteiger partial charge in [0, 0.05) is 49.5 Å². The standard InChI is InChI=1S/C21H20N6O3S/c1-15-17(13-16-7-5-10-22-14-16)21(28)27(25-15)20-18(8-6-12-24-20)31(29,30)26(2)19-9-3-4-11-23-19/h3-12,14,25H,13H2,1-2H3. The lowest BCUT2D eigenvalue weighted by Crippen LogP contribution is -2.30. The van der Waals surface area contributed by atoms with Crippen molar-refractivity contribution in [3.8, 4) is 5.82 Å². The average molecular weight is 436 g/mol. The van der Waals surface area contributed by atoms with Crippen molar-refractivity contribution in [2.45, 2.75) is 18.2 Å². The Hall–Kier alpha value is -3.79. The van der Waals surface area contributed by atoms with Gasteiger partial charge >= 0.3 is 0 Å². The van der Waals surface area contributed by atoms with E-state index >= 15 is 0 Å². The third-order valence-corrected chi connectivity index (χ3v) is 6.65. The third kappa shape index (κ3) is 3.84. The summed E-state index contributed by atoms with van der Waals surface area (Å²) in [5.74, 6) is 0.250. The minimum absolute atomic E-state index is 0.00387. The molecule has 0 saturated heterocycles. The number of hydrogen-bond donors (Lipinski definition) is 1. The smallest absolute Gasteiger partial charge is 0.276 e. The van der Waals surface area contributed by atoms with Crippen LogP contribution in [0.1, 0.15) is 16.8 Å². The molecule has 4 aromatic heterocycles. The highest BCUT2D eigenvalue weighted by atomic mass is 32.2. The van der Waals surface area contributed by atoms with Crippen molar-refractivity contribution in [3.05, 3.63) is 94.4 Å². The zero-order valence-corrected chi connectivity index (χ0v) is 17.7. The first kappa shape index (κ1) is 20.5. The van der Waals surface area contributed by atoms with Crippen LogP contribution in [0.4, 0.5) is 5.82 Å². The number of aromatic nitrogens is 5. The summed E-state index contributed by atoms with van der Waals surface area (Å²) in [6.07, 6.45) is 6.67. The molecule has 4 heterocycles. The number of pyridine rings is 3. The van der Waals surface area contributed by atoms with Gasteiger partial charge in [-0.3, -0.25) is 19.2 Å². The van der Waals surface area contributed by atoms with Crippen LogP contribution in [0.25, 0.3) is 5.82 Å². The molecule has 0 fully saturated rings. The molecular formula is C21H20N6O3S. The molecule has 0 unspecified atom stereocenters. The van der Waals surface area contributed by atoms with Gasteiger partial charge in [-0.25, -0.2) is 18.4 Å². The van der Waals surface area contributed by atoms with Crippen LogP contribution in [0, 0.1) is 6.92 Å². The molecule has 4 aromatic rings. The van der Waals surface area contributed by atoms with Crippen molar-refractivity contribution in [3.63, 3.8) is 0 Å². The summed E-state index contributed by atoms with van der Waals surface area (Å²) in [5.41, 5.74) is 1.65. The van der Waals surface area contributed by atoms with Crippen LogP contribution in [0.3, 0.4) is 0 Å². The summed E-state index contributed by atoms with van der Waals surface area (Å²) in [4.78, 5) is 25.4. The largest absolute Gasteiger partial charge is 0.294 e. The van der Waals surface area contributed by atoms with Crippen LogP contribution in [0.15, 0.2) is 76.9 Å². The first-order valence-corrected chi connectivity index (χ1v) is 10.9. The monoisotopic (exact) mass is 436 g/mol. The van der Waals surface area contributed by atoms with E-state index in [1.807, 2.05) is 6.07 Å². The van der Waals surface area contributed by atoms with Crippen molar-refractivity contribution in [2.75, 3.05) is 11.4 Å². The van der Waals surface area contributed by atoms with E-state index in [1.54, 1.807) is 43.6 Å². The van der Waals surface area contributed by atoms with Gasteiger partial charge in [0.1, 0.15) is 10.7 Å². The predicted molar refractivity (Wildman–Crippen MR) is 116 cm³/mol. The molecule has 1 N–H and O–H groups in total. The molecule has 31 heavy (non-hydrogen) atoms. The van der Waals surface area contributed by atoms with Crippen molar-refractivity contribution in [1.82, 2.24) is 24.7 Å². The molecule has 158 valence electrons. The van der Waals surface area contributed by atoms with Gasteiger partial charge in [-0.05, 0) is 42.8 Å². The summed E-state index contributed by atoms with van der Waals surface area (Å²) in [5, 5.41) is 2.96. The lowest BCUT2D eigenvalue weighted by atomic mass is 10.1. The first-order valence-electron chi connectivity index (χ1n) is 9.44. The number of H-pyrrole nitrogens is 1. The van der Waals surface area contributed by atoms with Crippen LogP contribution < -0.4 is 9.86 Å². The predicted octanol–water partition coefficient (Wildman–Crippen LogP) is 2.07. The summed E-state index contributed by atoms with van der Waals surface area (Å²) in [6, 6.07) is 11.6. The van der Waals surface area contributed by atoms with Gasteiger partial charge in [0.2, 0.25) is 0 Å². The van der Waals surface area contributed by atoms with Crippen LogP contribution in [-0.4, -0.2) is 40.2 Å². The van der Waals surface area contributed by atoms with Crippen LogP contribution >= 0.6 is 0 Å². The fourth-order valence-electron chi connectivity index (χ4n) is 3.21. The van der Waals surface area contributed by atoms with Crippen molar-refractivity contribution in [2.24, 2.45) is 0 Å². The van der Waals surface area contributed by atoms with E-state index in [-0.39, 0.29) is 22.1 Å². The fraction of sp³-hybridized carbons (Fsp3) is 0.143. The van der Waals surface area contributed by atoms with E-state index in [1.165, 1.54) is 36.3 Å². The molecule has 0 atom stereocenters. The molecule has 0 bridgehead atoms. The first-order chi connectivity index (χ1) is 14.9. The Kier molecular flexibility index (Phi) is 5.38. The highest BCUT2D eigenvalue weighted by molar-refractivity contribution is 7.92. The summed E-state index contributed by atoms with van der Waals surface area (Å²) in [6.45, 7) is 1.76. The highest BCUT2D eigenvalue weighted by Gasteiger charge is 2.28. The molecule has 0 aliphatic rings. The number of rotatable bonds is 6. The number of hydrogen-bond acceptors (Lipinski definition) is 6. The Balaban J connectivity index is 1.80. The second kappa shape index (κ2) is 8.15. The molecule has 9 nitrogen and oxygen atoms in total. The Morgan fingerprint density at radius 1 is 1.03 bits per heavy atom. The molecule has 0 aromatic carbocycles. The average Bonchev–Trinajstić information content (AvgIpc) is 3.08. The summed E-state index contributed by atoms with van der Waals surface area (Å²) in [7, 11) is -2.62. The molecule has 0 aliphatic heterocycles. The molecule has 4 rings (SSSR count). The van der Waals surface area contributed by atoms with Gasteiger partial charge in [0.15, 0.2) is 5.82 Å². The molecular weight excluding hydrogens is 416 g/mol. The maximum absolute atomic E-state index is 13.3. The lowest BCUT2D eigenvalue weighted by Gasteiger charge is -2.19. The van der Waals surface area contributed by atoms with E-state index in [4.69, 9.17) is 0 Å². The number of anilines is 1. The number of aryl methyl sites for hydroxylation is 1. The maximum atomic E-state index is 13.3. The zero-order chi connectivity index (χ0) is 22.0. The van der Waals surface area contributed by atoms with E-state index in [0.717, 1.165) is 9.87 Å². The van der Waals surface area contributed by atoms with Gasteiger partial charge in [-0.1, -0.05) is 12.1 Å². The minimum atomic E-state index is -4.03. The Morgan fingerprint density at radius 3 is 2.52 bits per heavy atom. The summed E-state index contributed by atoms with van der Waals surface area (Å²) < 4.78 is 28.9. The molecule has 0 radical (unpaired) electrons. The second-order valence-corrected chi connectivity index (χ2v) is 8.82. The number of nitrogens with one attached hydrogen (secondary N) is 1. The van der Waals surface area contributed by atoms with Gasteiger partial charge in [-0.15, -0.1) is 0 Å². The molecule has 10 heteroatoms. The van der Waals surface area contributed by atoms with Crippen LogP contribution in [0.2, 0.25) is 0 Å². The molecule has 0 amide bonds. The Morgan fingerprint density at radius 2 is 1.81 bits per heavy atom. The topological polar surface area (TPSA) is 114 Å². The number of aromatic amines is 1. The van der Waals surface area contributed by atoms with Gasteiger partial charge in [-0.2, -0.15) is 4.68 Å². The SMILES string of the molecule is Cc1[nH]n(-c2ncccc2S(=O)(=O)N(C)c2ccccn2)c(=O)c1Cc1cccnc1. The minimum Gasteiger partial charge on any atom is -0.294 e. The fourth-order valence-corrected chi connectivity index (χ4v) is 4.48. The highest BCUT2D eigenvalue weighted by Crippen LogP contribution is 2.23. The van der Waals surface area contributed by atoms with Crippen LogP contribution in [0.5, 0.6) is 0 Å². The van der Waals surface area contributed by atoms with Crippen molar-refractivity contribution in [1.29, 1.82) is 0 Å². The molecule has 0 spiro atoms. The van der Waals surface area contributed by atoms with Crippen molar-refractivity contribution < 1.29 is 8.42 Å². The van der Waals surface area contributed by atoms with Gasteiger partial charge < -0.3 is 0 Å². The van der Waals surface area contributed by atoms with Gasteiger partial charge in [0.05, 0.1) is 0 Å². The lowest BCUT2D eigenvalue weighted by molar-refractivity contribution is 0.591. The zero-order valence-electron chi connectivity index (χ0n) is 16.9. The van der Waals surface area contributed by atoms with Crippen molar-refractivity contribution >= 4 is 15.8 Å². The quantitative estimate of drug-likeness (QED) is 0.495. The van der Waals surface area contributed by atoms with Crippen LogP contribution in [-0.2, 0) is 16.4 Å². The molecule has 0 aliphatic carbocycles. The second-order valence-electron chi connectivity index (χ2n) is 6.88. The molecule has 0 saturated carbocycles. The van der Waals surface area contributed by atoms with E-state index in [0.29, 0.717) is 17.7 Å². The van der Waals surface area contributed by atoms with E-state index in [9.17, 15) is 13.2 Å². The van der Waals surface area contributed by atoms with Gasteiger partial charge in [0.25, 0.3) is 15.6 Å². The number of nitrogens with zero attached hydrogens (tertiary/aromatic N) is 5. The third-order valence-electron chi connectivity index (χ3n) is 4.87. The maximum Gasteiger partial charge on any atom is 0.276 e. The number of sulfonamides is 1. The van der Waals surface area contributed by atoms with E-state index < -0.39 is 10.0 Å².